The maximum absolute atomic E-state index is 11.6. The zero-order valence-electron chi connectivity index (χ0n) is 9.96. The maximum Gasteiger partial charge on any atom is 0.152 e. The van der Waals surface area contributed by atoms with Gasteiger partial charge in [0.15, 0.2) is 9.84 Å². The predicted octanol–water partition coefficient (Wildman–Crippen LogP) is 0.476. The largest absolute Gasteiger partial charge is 0.396 e. The van der Waals surface area contributed by atoms with Crippen molar-refractivity contribution in [1.82, 2.24) is 9.78 Å². The summed E-state index contributed by atoms with van der Waals surface area (Å²) in [6.45, 7) is 2.02. The van der Waals surface area contributed by atoms with Crippen molar-refractivity contribution in [2.24, 2.45) is 0 Å². The molecule has 2 heterocycles. The van der Waals surface area contributed by atoms with E-state index < -0.39 is 9.84 Å². The molecular formula is C11H18N2O3S. The Balaban J connectivity index is 2.22. The van der Waals surface area contributed by atoms with Gasteiger partial charge in [-0.15, -0.1) is 0 Å². The highest BCUT2D eigenvalue weighted by Gasteiger charge is 2.27. The third-order valence-electron chi connectivity index (χ3n) is 3.31. The molecule has 17 heavy (non-hydrogen) atoms. The third-order valence-corrected chi connectivity index (χ3v) is 5.12. The molecular weight excluding hydrogens is 240 g/mol. The van der Waals surface area contributed by atoms with Crippen molar-refractivity contribution in [2.75, 3.05) is 18.1 Å². The van der Waals surface area contributed by atoms with Crippen LogP contribution in [0, 0.1) is 6.92 Å². The molecule has 2 rings (SSSR count). The van der Waals surface area contributed by atoms with Gasteiger partial charge in [0.25, 0.3) is 0 Å². The van der Waals surface area contributed by atoms with Crippen LogP contribution in [-0.2, 0) is 16.3 Å². The van der Waals surface area contributed by atoms with Gasteiger partial charge < -0.3 is 5.11 Å². The second-order valence-corrected chi connectivity index (χ2v) is 6.81. The van der Waals surface area contributed by atoms with Gasteiger partial charge in [0.1, 0.15) is 0 Å². The van der Waals surface area contributed by atoms with Crippen LogP contribution in [0.25, 0.3) is 0 Å². The first-order valence-electron chi connectivity index (χ1n) is 5.88. The molecule has 1 fully saturated rings. The van der Waals surface area contributed by atoms with Crippen molar-refractivity contribution in [3.05, 3.63) is 17.5 Å². The van der Waals surface area contributed by atoms with Crippen molar-refractivity contribution in [3.8, 4) is 0 Å². The number of hydrogen-bond acceptors (Lipinski definition) is 4. The minimum atomic E-state index is -2.91. The molecule has 0 aromatic carbocycles. The summed E-state index contributed by atoms with van der Waals surface area (Å²) >= 11 is 0. The highest BCUT2D eigenvalue weighted by atomic mass is 32.2. The molecule has 0 amide bonds. The van der Waals surface area contributed by atoms with Crippen LogP contribution >= 0.6 is 0 Å². The first kappa shape index (κ1) is 12.6. The Morgan fingerprint density at radius 1 is 1.59 bits per heavy atom. The molecule has 1 aromatic heterocycles. The molecule has 6 heteroatoms. The Hall–Kier alpha value is -0.880. The monoisotopic (exact) mass is 258 g/mol. The summed E-state index contributed by atoms with van der Waals surface area (Å²) in [7, 11) is -2.91. The quantitative estimate of drug-likeness (QED) is 0.855. The van der Waals surface area contributed by atoms with E-state index in [1.54, 1.807) is 6.20 Å². The molecule has 0 spiro atoms. The molecule has 1 aliphatic heterocycles. The first-order valence-corrected chi connectivity index (χ1v) is 7.70. The van der Waals surface area contributed by atoms with Gasteiger partial charge >= 0.3 is 0 Å². The van der Waals surface area contributed by atoms with Crippen LogP contribution < -0.4 is 0 Å². The molecule has 1 N–H and O–H groups in total. The van der Waals surface area contributed by atoms with E-state index in [1.807, 2.05) is 11.6 Å². The number of aliphatic hydroxyl groups is 1. The maximum atomic E-state index is 11.6. The summed E-state index contributed by atoms with van der Waals surface area (Å²) in [5.41, 5.74) is 1.97. The fourth-order valence-electron chi connectivity index (χ4n) is 2.38. The van der Waals surface area contributed by atoms with Crippen molar-refractivity contribution in [1.29, 1.82) is 0 Å². The van der Waals surface area contributed by atoms with E-state index in [9.17, 15) is 8.42 Å². The Bertz CT molecular complexity index is 493. The normalized spacial score (nSPS) is 23.8. The lowest BCUT2D eigenvalue weighted by Crippen LogP contribution is -2.28. The molecule has 1 unspecified atom stereocenters. The Labute approximate surface area is 101 Å². The number of rotatable bonds is 3. The smallest absolute Gasteiger partial charge is 0.152 e. The predicted molar refractivity (Wildman–Crippen MR) is 64.7 cm³/mol. The Morgan fingerprint density at radius 2 is 2.35 bits per heavy atom. The second-order valence-electron chi connectivity index (χ2n) is 4.58. The summed E-state index contributed by atoms with van der Waals surface area (Å²) in [5, 5.41) is 13.2. The number of aliphatic hydroxyl groups excluding tert-OH is 1. The molecule has 0 radical (unpaired) electrons. The van der Waals surface area contributed by atoms with E-state index in [1.165, 1.54) is 0 Å². The van der Waals surface area contributed by atoms with Crippen LogP contribution in [0.4, 0.5) is 0 Å². The molecule has 0 bridgehead atoms. The third kappa shape index (κ3) is 2.69. The summed E-state index contributed by atoms with van der Waals surface area (Å²) in [4.78, 5) is 0. The van der Waals surface area contributed by atoms with E-state index >= 15 is 0 Å². The molecule has 1 atom stereocenters. The number of nitrogens with zero attached hydrogens (tertiary/aromatic N) is 2. The molecule has 1 aliphatic rings. The van der Waals surface area contributed by atoms with Crippen molar-refractivity contribution in [2.45, 2.75) is 32.2 Å². The van der Waals surface area contributed by atoms with Gasteiger partial charge in [-0.3, -0.25) is 4.68 Å². The van der Waals surface area contributed by atoms with E-state index in [0.717, 1.165) is 17.7 Å². The van der Waals surface area contributed by atoms with Crippen LogP contribution in [0.5, 0.6) is 0 Å². The Kier molecular flexibility index (Phi) is 3.53. The van der Waals surface area contributed by atoms with E-state index in [0.29, 0.717) is 18.6 Å². The lowest BCUT2D eigenvalue weighted by atomic mass is 10.1. The highest BCUT2D eigenvalue weighted by Crippen LogP contribution is 2.24. The molecule has 0 aliphatic carbocycles. The standard InChI is InChI=1S/C11H18N2O3S/c1-9-10(4-5-14)7-12-13(9)11-3-2-6-17(15,16)8-11/h7,11,14H,2-6,8H2,1H3. The van der Waals surface area contributed by atoms with Gasteiger partial charge in [0.05, 0.1) is 23.7 Å². The minimum Gasteiger partial charge on any atom is -0.396 e. The SMILES string of the molecule is Cc1c(CCO)cnn1C1CCCS(=O)(=O)C1. The molecule has 0 saturated carbocycles. The topological polar surface area (TPSA) is 72.2 Å². The molecule has 1 saturated heterocycles. The van der Waals surface area contributed by atoms with E-state index in [2.05, 4.69) is 5.10 Å². The average Bonchev–Trinajstić information content (AvgIpc) is 2.60. The Morgan fingerprint density at radius 3 is 3.00 bits per heavy atom. The van der Waals surface area contributed by atoms with Gasteiger partial charge in [0.2, 0.25) is 0 Å². The van der Waals surface area contributed by atoms with Gasteiger partial charge in [-0.25, -0.2) is 8.42 Å². The lowest BCUT2D eigenvalue weighted by Gasteiger charge is -2.23. The summed E-state index contributed by atoms with van der Waals surface area (Å²) in [6, 6.07) is -0.0406. The van der Waals surface area contributed by atoms with E-state index in [-0.39, 0.29) is 18.4 Å². The fraction of sp³-hybridized carbons (Fsp3) is 0.727. The average molecular weight is 258 g/mol. The van der Waals surface area contributed by atoms with Gasteiger partial charge in [-0.1, -0.05) is 0 Å². The molecule has 96 valence electrons. The van der Waals surface area contributed by atoms with Crippen LogP contribution in [0.2, 0.25) is 0 Å². The van der Waals surface area contributed by atoms with Crippen molar-refractivity contribution < 1.29 is 13.5 Å². The summed E-state index contributed by atoms with van der Waals surface area (Å²) < 4.78 is 25.0. The van der Waals surface area contributed by atoms with Crippen LogP contribution in [-0.4, -0.2) is 41.4 Å². The van der Waals surface area contributed by atoms with Crippen molar-refractivity contribution in [3.63, 3.8) is 0 Å². The lowest BCUT2D eigenvalue weighted by molar-refractivity contribution is 0.299. The van der Waals surface area contributed by atoms with Crippen LogP contribution in [0.1, 0.15) is 30.1 Å². The first-order chi connectivity index (χ1) is 8.03. The minimum absolute atomic E-state index is 0.0406. The summed E-state index contributed by atoms with van der Waals surface area (Å²) in [5.74, 6) is 0.487. The molecule has 5 nitrogen and oxygen atoms in total. The number of sulfone groups is 1. The number of hydrogen-bond donors (Lipinski definition) is 1. The van der Waals surface area contributed by atoms with Gasteiger partial charge in [-0.05, 0) is 31.7 Å². The van der Waals surface area contributed by atoms with Crippen LogP contribution in [0.15, 0.2) is 6.20 Å². The van der Waals surface area contributed by atoms with Crippen LogP contribution in [0.3, 0.4) is 0 Å². The fourth-order valence-corrected chi connectivity index (χ4v) is 4.05. The van der Waals surface area contributed by atoms with E-state index in [4.69, 9.17) is 5.11 Å². The zero-order chi connectivity index (χ0) is 12.5. The van der Waals surface area contributed by atoms with Crippen molar-refractivity contribution >= 4 is 9.84 Å². The molecule has 1 aromatic rings. The van der Waals surface area contributed by atoms with Gasteiger partial charge in [0, 0.05) is 12.3 Å². The second kappa shape index (κ2) is 4.78. The number of aromatic nitrogens is 2. The van der Waals surface area contributed by atoms with Gasteiger partial charge in [-0.2, -0.15) is 5.10 Å². The summed E-state index contributed by atoms with van der Waals surface area (Å²) in [6.07, 6.45) is 3.88. The highest BCUT2D eigenvalue weighted by molar-refractivity contribution is 7.91. The zero-order valence-corrected chi connectivity index (χ0v) is 10.8.